The Kier molecular flexibility index (Phi) is 7.14. The van der Waals surface area contributed by atoms with E-state index in [2.05, 4.69) is 132 Å². The van der Waals surface area contributed by atoms with Gasteiger partial charge in [-0.25, -0.2) is 9.97 Å². The van der Waals surface area contributed by atoms with E-state index in [4.69, 9.17) is 14.4 Å². The molecule has 4 heteroatoms. The Bertz CT molecular complexity index is 3220. The standard InChI is InChI=1S/C51H31N3O/c1-2-11-32(12-3-1)51-53-47(34-21-23-50-46(29-34)44-18-8-9-19-49(44)55-50)30-48(54-51)38-26-36(25-37(27-38)35-13-10-24-52-31-35)33-20-22-43-41-16-5-4-14-39(41)40-15-6-7-17-42(40)45(43)28-33/h1-31H. The maximum Gasteiger partial charge on any atom is 0.160 e. The number of fused-ring (bicyclic) bond motifs is 9. The minimum atomic E-state index is 0.669. The Balaban J connectivity index is 1.14. The van der Waals surface area contributed by atoms with Crippen LogP contribution in [0.2, 0.25) is 0 Å². The van der Waals surface area contributed by atoms with Crippen LogP contribution >= 0.6 is 0 Å². The first-order chi connectivity index (χ1) is 27.2. The Labute approximate surface area is 317 Å². The van der Waals surface area contributed by atoms with Gasteiger partial charge in [-0.3, -0.25) is 4.98 Å². The summed E-state index contributed by atoms with van der Waals surface area (Å²) in [5, 5.41) is 9.67. The van der Waals surface area contributed by atoms with Crippen LogP contribution in [0, 0.1) is 0 Å². The number of furan rings is 1. The Hall–Kier alpha value is -7.43. The maximum absolute atomic E-state index is 6.17. The summed E-state index contributed by atoms with van der Waals surface area (Å²) in [6.07, 6.45) is 3.74. The largest absolute Gasteiger partial charge is 0.456 e. The second kappa shape index (κ2) is 12.6. The van der Waals surface area contributed by atoms with Crippen LogP contribution < -0.4 is 0 Å². The van der Waals surface area contributed by atoms with Crippen LogP contribution in [0.15, 0.2) is 193 Å². The molecule has 0 amide bonds. The van der Waals surface area contributed by atoms with Gasteiger partial charge in [0.1, 0.15) is 11.2 Å². The molecule has 0 N–H and O–H groups in total. The number of hydrogen-bond acceptors (Lipinski definition) is 4. The monoisotopic (exact) mass is 701 g/mol. The van der Waals surface area contributed by atoms with Crippen LogP contribution in [0.5, 0.6) is 0 Å². The molecule has 0 spiro atoms. The fraction of sp³-hybridized carbons (Fsp3) is 0. The lowest BCUT2D eigenvalue weighted by atomic mass is 9.90. The van der Waals surface area contributed by atoms with Crippen molar-refractivity contribution in [2.75, 3.05) is 0 Å². The van der Waals surface area contributed by atoms with Crippen LogP contribution in [0.25, 0.3) is 110 Å². The van der Waals surface area contributed by atoms with Gasteiger partial charge in [0.15, 0.2) is 5.82 Å². The summed E-state index contributed by atoms with van der Waals surface area (Å²) in [5.41, 5.74) is 10.7. The fourth-order valence-corrected chi connectivity index (χ4v) is 8.07. The second-order valence-electron chi connectivity index (χ2n) is 14.0. The molecule has 0 aliphatic rings. The van der Waals surface area contributed by atoms with Crippen molar-refractivity contribution in [1.29, 1.82) is 0 Å². The molecule has 0 fully saturated rings. The summed E-state index contributed by atoms with van der Waals surface area (Å²) in [7, 11) is 0. The predicted molar refractivity (Wildman–Crippen MR) is 227 cm³/mol. The first kappa shape index (κ1) is 31.1. The zero-order valence-corrected chi connectivity index (χ0v) is 29.6. The normalized spacial score (nSPS) is 11.6. The SMILES string of the molecule is c1ccc(-c2nc(-c3cc(-c4cccnc4)cc(-c4ccc5c6ccccc6c6ccccc6c5c4)c3)cc(-c3ccc4oc5ccccc5c4c3)n2)cc1. The van der Waals surface area contributed by atoms with E-state index in [1.807, 2.05) is 60.9 Å². The van der Waals surface area contributed by atoms with Gasteiger partial charge in [0.2, 0.25) is 0 Å². The molecule has 55 heavy (non-hydrogen) atoms. The predicted octanol–water partition coefficient (Wildman–Crippen LogP) is 13.6. The molecule has 0 radical (unpaired) electrons. The molecule has 0 saturated heterocycles. The van der Waals surface area contributed by atoms with Crippen molar-refractivity contribution in [3.8, 4) is 56.2 Å². The number of para-hydroxylation sites is 1. The van der Waals surface area contributed by atoms with Crippen LogP contribution in [0.1, 0.15) is 0 Å². The minimum Gasteiger partial charge on any atom is -0.456 e. The van der Waals surface area contributed by atoms with E-state index in [1.54, 1.807) is 0 Å². The van der Waals surface area contributed by atoms with Crippen molar-refractivity contribution in [2.45, 2.75) is 0 Å². The molecular formula is C51H31N3O. The van der Waals surface area contributed by atoms with Gasteiger partial charge < -0.3 is 4.42 Å². The number of rotatable bonds is 5. The quantitative estimate of drug-likeness (QED) is 0.168. The summed E-state index contributed by atoms with van der Waals surface area (Å²) in [5.74, 6) is 0.669. The number of pyridine rings is 1. The second-order valence-corrected chi connectivity index (χ2v) is 14.0. The first-order valence-corrected chi connectivity index (χ1v) is 18.5. The van der Waals surface area contributed by atoms with Crippen LogP contribution in [0.4, 0.5) is 0 Å². The summed E-state index contributed by atoms with van der Waals surface area (Å²) in [6, 6.07) is 62.0. The van der Waals surface area contributed by atoms with E-state index in [1.165, 1.54) is 32.3 Å². The van der Waals surface area contributed by atoms with Gasteiger partial charge in [0, 0.05) is 45.4 Å². The molecule has 3 aromatic heterocycles. The molecule has 11 aromatic rings. The summed E-state index contributed by atoms with van der Waals surface area (Å²) >= 11 is 0. The first-order valence-electron chi connectivity index (χ1n) is 18.5. The third-order valence-electron chi connectivity index (χ3n) is 10.7. The summed E-state index contributed by atoms with van der Waals surface area (Å²) in [4.78, 5) is 14.9. The van der Waals surface area contributed by atoms with E-state index in [-0.39, 0.29) is 0 Å². The highest BCUT2D eigenvalue weighted by molar-refractivity contribution is 6.25. The van der Waals surface area contributed by atoms with Gasteiger partial charge >= 0.3 is 0 Å². The van der Waals surface area contributed by atoms with Crippen molar-refractivity contribution < 1.29 is 4.42 Å². The lowest BCUT2D eigenvalue weighted by Gasteiger charge is -2.15. The smallest absolute Gasteiger partial charge is 0.160 e. The van der Waals surface area contributed by atoms with Crippen molar-refractivity contribution in [3.63, 3.8) is 0 Å². The average Bonchev–Trinajstić information content (AvgIpc) is 3.65. The summed E-state index contributed by atoms with van der Waals surface area (Å²) < 4.78 is 6.17. The molecule has 0 unspecified atom stereocenters. The molecular weight excluding hydrogens is 671 g/mol. The molecule has 0 atom stereocenters. The zero-order chi connectivity index (χ0) is 36.3. The van der Waals surface area contributed by atoms with Gasteiger partial charge in [0.25, 0.3) is 0 Å². The number of benzene rings is 8. The van der Waals surface area contributed by atoms with Gasteiger partial charge in [-0.15, -0.1) is 0 Å². The topological polar surface area (TPSA) is 51.8 Å². The molecule has 3 heterocycles. The maximum atomic E-state index is 6.17. The van der Waals surface area contributed by atoms with Crippen molar-refractivity contribution in [2.24, 2.45) is 0 Å². The highest BCUT2D eigenvalue weighted by atomic mass is 16.3. The van der Waals surface area contributed by atoms with E-state index >= 15 is 0 Å². The van der Waals surface area contributed by atoms with Gasteiger partial charge in [-0.1, -0.05) is 115 Å². The number of aromatic nitrogens is 3. The van der Waals surface area contributed by atoms with E-state index in [9.17, 15) is 0 Å². The van der Waals surface area contributed by atoms with E-state index in [0.29, 0.717) is 5.82 Å². The molecule has 256 valence electrons. The van der Waals surface area contributed by atoms with Gasteiger partial charge in [-0.05, 0) is 110 Å². The third kappa shape index (κ3) is 5.34. The van der Waals surface area contributed by atoms with Crippen molar-refractivity contribution in [1.82, 2.24) is 15.0 Å². The molecule has 4 nitrogen and oxygen atoms in total. The average molecular weight is 702 g/mol. The van der Waals surface area contributed by atoms with Crippen LogP contribution in [-0.4, -0.2) is 15.0 Å². The molecule has 8 aromatic carbocycles. The molecule has 0 aliphatic carbocycles. The van der Waals surface area contributed by atoms with E-state index in [0.717, 1.165) is 72.3 Å². The molecule has 0 bridgehead atoms. The van der Waals surface area contributed by atoms with Gasteiger partial charge in [0.05, 0.1) is 11.4 Å². The molecule has 11 rings (SSSR count). The Morgan fingerprint density at radius 2 is 0.855 bits per heavy atom. The lowest BCUT2D eigenvalue weighted by Crippen LogP contribution is -1.96. The van der Waals surface area contributed by atoms with Crippen molar-refractivity contribution >= 4 is 54.3 Å². The summed E-state index contributed by atoms with van der Waals surface area (Å²) in [6.45, 7) is 0. The zero-order valence-electron chi connectivity index (χ0n) is 29.6. The molecule has 0 aliphatic heterocycles. The van der Waals surface area contributed by atoms with Crippen LogP contribution in [-0.2, 0) is 0 Å². The molecule has 0 saturated carbocycles. The highest BCUT2D eigenvalue weighted by Gasteiger charge is 2.16. The number of nitrogens with zero attached hydrogens (tertiary/aromatic N) is 3. The number of hydrogen-bond donors (Lipinski definition) is 0. The third-order valence-corrected chi connectivity index (χ3v) is 10.7. The Morgan fingerprint density at radius 3 is 1.58 bits per heavy atom. The lowest BCUT2D eigenvalue weighted by molar-refractivity contribution is 0.669. The van der Waals surface area contributed by atoms with Crippen molar-refractivity contribution in [3.05, 3.63) is 188 Å². The Morgan fingerprint density at radius 1 is 0.309 bits per heavy atom. The highest BCUT2D eigenvalue weighted by Crippen LogP contribution is 2.40. The van der Waals surface area contributed by atoms with Gasteiger partial charge in [-0.2, -0.15) is 0 Å². The fourth-order valence-electron chi connectivity index (χ4n) is 8.07. The minimum absolute atomic E-state index is 0.669. The van der Waals surface area contributed by atoms with Crippen LogP contribution in [0.3, 0.4) is 0 Å². The van der Waals surface area contributed by atoms with E-state index < -0.39 is 0 Å².